The molecule has 0 spiro atoms. The number of non-ortho nitro benzene ring substituents is 1. The first-order valence-electron chi connectivity index (χ1n) is 10.4. The van der Waals surface area contributed by atoms with Crippen molar-refractivity contribution in [2.24, 2.45) is 0 Å². The van der Waals surface area contributed by atoms with Crippen LogP contribution in [0.1, 0.15) is 12.0 Å². The standard InChI is InChI=1S/C24H25N5O4/c1-18-7-5-8-20(17-18)27-24(31)28(21-9-3-2-4-10-21)16-6-15-25-23(30)26-19-11-13-22(14-12-19)29(32)33/h2-5,7-14,17H,6,15-16H2,1H3,(H,27,31)(H2,25,26,30). The Morgan fingerprint density at radius 3 is 2.30 bits per heavy atom. The molecule has 0 bridgehead atoms. The molecule has 9 nitrogen and oxygen atoms in total. The molecule has 0 heterocycles. The van der Waals surface area contributed by atoms with Crippen molar-refractivity contribution in [3.05, 3.63) is 94.5 Å². The second-order valence-corrected chi connectivity index (χ2v) is 7.33. The van der Waals surface area contributed by atoms with Crippen LogP contribution in [0, 0.1) is 17.0 Å². The zero-order chi connectivity index (χ0) is 23.6. The average Bonchev–Trinajstić information content (AvgIpc) is 2.80. The smallest absolute Gasteiger partial charge is 0.326 e. The normalized spacial score (nSPS) is 10.2. The minimum Gasteiger partial charge on any atom is -0.338 e. The number of benzene rings is 3. The maximum Gasteiger partial charge on any atom is 0.326 e. The van der Waals surface area contributed by atoms with Crippen LogP contribution in [-0.4, -0.2) is 30.1 Å². The number of carbonyl (C=O) groups excluding carboxylic acids is 2. The van der Waals surface area contributed by atoms with E-state index < -0.39 is 11.0 Å². The van der Waals surface area contributed by atoms with Crippen molar-refractivity contribution in [2.45, 2.75) is 13.3 Å². The number of amides is 4. The highest BCUT2D eigenvalue weighted by Gasteiger charge is 2.16. The molecule has 0 aliphatic heterocycles. The second-order valence-electron chi connectivity index (χ2n) is 7.33. The Kier molecular flexibility index (Phi) is 7.96. The number of nitrogens with one attached hydrogen (secondary N) is 3. The van der Waals surface area contributed by atoms with Gasteiger partial charge in [0.15, 0.2) is 0 Å². The third kappa shape index (κ3) is 7.06. The van der Waals surface area contributed by atoms with E-state index in [2.05, 4.69) is 16.0 Å². The average molecular weight is 447 g/mol. The number of hydrogen-bond donors (Lipinski definition) is 3. The maximum absolute atomic E-state index is 12.9. The van der Waals surface area contributed by atoms with E-state index in [9.17, 15) is 19.7 Å². The van der Waals surface area contributed by atoms with Crippen molar-refractivity contribution in [3.63, 3.8) is 0 Å². The lowest BCUT2D eigenvalue weighted by Gasteiger charge is -2.23. The third-order valence-corrected chi connectivity index (χ3v) is 4.76. The molecule has 0 aliphatic carbocycles. The summed E-state index contributed by atoms with van der Waals surface area (Å²) < 4.78 is 0. The summed E-state index contributed by atoms with van der Waals surface area (Å²) in [6.07, 6.45) is 0.518. The van der Waals surface area contributed by atoms with Crippen LogP contribution in [-0.2, 0) is 0 Å². The molecule has 9 heteroatoms. The number of aryl methyl sites for hydroxylation is 1. The Hall–Kier alpha value is -4.40. The topological polar surface area (TPSA) is 117 Å². The number of carbonyl (C=O) groups is 2. The van der Waals surface area contributed by atoms with E-state index in [0.29, 0.717) is 30.9 Å². The Morgan fingerprint density at radius 2 is 1.64 bits per heavy atom. The molecule has 0 atom stereocenters. The summed E-state index contributed by atoms with van der Waals surface area (Å²) in [5.74, 6) is 0. The summed E-state index contributed by atoms with van der Waals surface area (Å²) in [6, 6.07) is 21.7. The van der Waals surface area contributed by atoms with E-state index in [1.165, 1.54) is 24.3 Å². The van der Waals surface area contributed by atoms with Gasteiger partial charge in [-0.25, -0.2) is 9.59 Å². The Labute approximate surface area is 191 Å². The Bertz CT molecular complexity index is 1100. The SMILES string of the molecule is Cc1cccc(NC(=O)N(CCCNC(=O)Nc2ccc([N+](=O)[O-])cc2)c2ccccc2)c1. The Morgan fingerprint density at radius 1 is 0.909 bits per heavy atom. The molecule has 0 saturated carbocycles. The molecule has 0 radical (unpaired) electrons. The number of urea groups is 2. The lowest BCUT2D eigenvalue weighted by Crippen LogP contribution is -2.38. The molecule has 0 fully saturated rings. The van der Waals surface area contributed by atoms with Crippen LogP contribution in [0.5, 0.6) is 0 Å². The van der Waals surface area contributed by atoms with E-state index in [1.807, 2.05) is 61.5 Å². The van der Waals surface area contributed by atoms with E-state index >= 15 is 0 Å². The third-order valence-electron chi connectivity index (χ3n) is 4.76. The lowest BCUT2D eigenvalue weighted by atomic mass is 10.2. The van der Waals surface area contributed by atoms with Gasteiger partial charge >= 0.3 is 12.1 Å². The van der Waals surface area contributed by atoms with Gasteiger partial charge in [-0.2, -0.15) is 0 Å². The molecule has 0 saturated heterocycles. The van der Waals surface area contributed by atoms with Gasteiger partial charge in [-0.15, -0.1) is 0 Å². The van der Waals surface area contributed by atoms with Gasteiger partial charge in [0.25, 0.3) is 5.69 Å². The number of nitrogens with zero attached hydrogens (tertiary/aromatic N) is 2. The van der Waals surface area contributed by atoms with Crippen LogP contribution >= 0.6 is 0 Å². The van der Waals surface area contributed by atoms with E-state index in [1.54, 1.807) is 4.90 Å². The van der Waals surface area contributed by atoms with E-state index in [-0.39, 0.29) is 11.7 Å². The van der Waals surface area contributed by atoms with Crippen molar-refractivity contribution in [3.8, 4) is 0 Å². The quantitative estimate of drug-likeness (QED) is 0.251. The van der Waals surface area contributed by atoms with Crippen molar-refractivity contribution in [1.82, 2.24) is 5.32 Å². The molecule has 3 rings (SSSR count). The summed E-state index contributed by atoms with van der Waals surface area (Å²) in [6.45, 7) is 2.68. The largest absolute Gasteiger partial charge is 0.338 e. The first kappa shape index (κ1) is 23.3. The monoisotopic (exact) mass is 447 g/mol. The lowest BCUT2D eigenvalue weighted by molar-refractivity contribution is -0.384. The minimum absolute atomic E-state index is 0.0501. The number of rotatable bonds is 8. The summed E-state index contributed by atoms with van der Waals surface area (Å²) >= 11 is 0. The van der Waals surface area contributed by atoms with Gasteiger partial charge in [0.1, 0.15) is 0 Å². The highest BCUT2D eigenvalue weighted by atomic mass is 16.6. The maximum atomic E-state index is 12.9. The number of nitro groups is 1. The predicted molar refractivity (Wildman–Crippen MR) is 129 cm³/mol. The van der Waals surface area contributed by atoms with Crippen LogP contribution in [0.3, 0.4) is 0 Å². The first-order valence-corrected chi connectivity index (χ1v) is 10.4. The van der Waals surface area contributed by atoms with Gasteiger partial charge in [-0.3, -0.25) is 15.0 Å². The number of nitro benzene ring substituents is 1. The van der Waals surface area contributed by atoms with Crippen LogP contribution in [0.2, 0.25) is 0 Å². The van der Waals surface area contributed by atoms with Gasteiger partial charge in [-0.05, 0) is 55.3 Å². The van der Waals surface area contributed by atoms with E-state index in [4.69, 9.17) is 0 Å². The number of hydrogen-bond acceptors (Lipinski definition) is 4. The molecular formula is C24H25N5O4. The van der Waals surface area contributed by atoms with Crippen LogP contribution < -0.4 is 20.9 Å². The fourth-order valence-electron chi connectivity index (χ4n) is 3.15. The fourth-order valence-corrected chi connectivity index (χ4v) is 3.15. The molecule has 33 heavy (non-hydrogen) atoms. The molecule has 3 aromatic rings. The molecule has 0 aromatic heterocycles. The highest BCUT2D eigenvalue weighted by molar-refractivity contribution is 6.01. The second kappa shape index (κ2) is 11.3. The van der Waals surface area contributed by atoms with Crippen molar-refractivity contribution in [1.29, 1.82) is 0 Å². The molecule has 170 valence electrons. The molecule has 3 N–H and O–H groups in total. The van der Waals surface area contributed by atoms with Gasteiger partial charge in [0, 0.05) is 42.3 Å². The number of anilines is 3. The van der Waals surface area contributed by atoms with Crippen LogP contribution in [0.4, 0.5) is 32.3 Å². The first-order chi connectivity index (χ1) is 15.9. The van der Waals surface area contributed by atoms with Gasteiger partial charge in [0.05, 0.1) is 4.92 Å². The molecular weight excluding hydrogens is 422 g/mol. The molecule has 0 aliphatic rings. The summed E-state index contributed by atoms with van der Waals surface area (Å²) in [4.78, 5) is 36.9. The molecule has 0 unspecified atom stereocenters. The van der Waals surface area contributed by atoms with Crippen molar-refractivity contribution < 1.29 is 14.5 Å². The minimum atomic E-state index is -0.503. The zero-order valence-electron chi connectivity index (χ0n) is 18.2. The zero-order valence-corrected chi connectivity index (χ0v) is 18.2. The fraction of sp³-hybridized carbons (Fsp3) is 0.167. The molecule has 3 aromatic carbocycles. The predicted octanol–water partition coefficient (Wildman–Crippen LogP) is 5.15. The summed E-state index contributed by atoms with van der Waals surface area (Å²) in [7, 11) is 0. The summed E-state index contributed by atoms with van der Waals surface area (Å²) in [5, 5.41) is 19.0. The van der Waals surface area contributed by atoms with E-state index in [0.717, 1.165) is 11.3 Å². The Balaban J connectivity index is 1.53. The number of para-hydroxylation sites is 1. The van der Waals surface area contributed by atoms with Gasteiger partial charge in [0.2, 0.25) is 0 Å². The van der Waals surface area contributed by atoms with Gasteiger partial charge in [-0.1, -0.05) is 30.3 Å². The molecule has 4 amide bonds. The van der Waals surface area contributed by atoms with Crippen molar-refractivity contribution >= 4 is 34.8 Å². The highest BCUT2D eigenvalue weighted by Crippen LogP contribution is 2.17. The van der Waals surface area contributed by atoms with Crippen LogP contribution in [0.15, 0.2) is 78.9 Å². The van der Waals surface area contributed by atoms with Crippen molar-refractivity contribution in [2.75, 3.05) is 28.6 Å². The van der Waals surface area contributed by atoms with Gasteiger partial charge < -0.3 is 16.0 Å². The summed E-state index contributed by atoms with van der Waals surface area (Å²) in [5.41, 5.74) is 2.90. The van der Waals surface area contributed by atoms with Crippen LogP contribution in [0.25, 0.3) is 0 Å².